The van der Waals surface area contributed by atoms with E-state index in [2.05, 4.69) is 37.4 Å². The number of fused-ring (bicyclic) bond motifs is 1. The smallest absolute Gasteiger partial charge is 0.225 e. The van der Waals surface area contributed by atoms with E-state index >= 15 is 0 Å². The molecule has 0 spiro atoms. The van der Waals surface area contributed by atoms with Gasteiger partial charge >= 0.3 is 0 Å². The summed E-state index contributed by atoms with van der Waals surface area (Å²) >= 11 is 6.01. The molecule has 0 aliphatic carbocycles. The molecule has 2 atom stereocenters. The van der Waals surface area contributed by atoms with Crippen molar-refractivity contribution in [2.24, 2.45) is 0 Å². The number of hydrogen-bond donors (Lipinski definition) is 2. The summed E-state index contributed by atoms with van der Waals surface area (Å²) in [7, 11) is 0. The van der Waals surface area contributed by atoms with Gasteiger partial charge in [-0.15, -0.1) is 0 Å². The Bertz CT molecular complexity index is 1590. The van der Waals surface area contributed by atoms with Gasteiger partial charge in [0.25, 0.3) is 0 Å². The van der Waals surface area contributed by atoms with E-state index in [1.165, 1.54) is 5.56 Å². The van der Waals surface area contributed by atoms with Gasteiger partial charge in [-0.2, -0.15) is 0 Å². The second kappa shape index (κ2) is 10.5. The van der Waals surface area contributed by atoms with Gasteiger partial charge in [-0.05, 0) is 78.9 Å². The van der Waals surface area contributed by atoms with Crippen molar-refractivity contribution in [2.75, 3.05) is 0 Å². The van der Waals surface area contributed by atoms with Crippen molar-refractivity contribution >= 4 is 28.5 Å². The lowest BCUT2D eigenvalue weighted by Gasteiger charge is -2.22. The third-order valence-electron chi connectivity index (χ3n) is 7.01. The average molecular weight is 524 g/mol. The minimum atomic E-state index is -1.32. The largest absolute Gasteiger partial charge is 0.458 e. The van der Waals surface area contributed by atoms with Crippen molar-refractivity contribution in [1.29, 1.82) is 0 Å². The van der Waals surface area contributed by atoms with Crippen LogP contribution >= 0.6 is 11.6 Å². The highest BCUT2D eigenvalue weighted by molar-refractivity contribution is 6.30. The van der Waals surface area contributed by atoms with E-state index in [-0.39, 0.29) is 18.4 Å². The van der Waals surface area contributed by atoms with Crippen LogP contribution in [0.25, 0.3) is 11.0 Å². The lowest BCUT2D eigenvalue weighted by Crippen LogP contribution is -2.31. The van der Waals surface area contributed by atoms with Crippen LogP contribution in [0.4, 0.5) is 0 Å². The molecule has 0 radical (unpaired) electrons. The Hall–Kier alpha value is -3.86. The molecule has 192 valence electrons. The third-order valence-corrected chi connectivity index (χ3v) is 7.26. The normalized spacial score (nSPS) is 13.7. The highest BCUT2D eigenvalue weighted by Gasteiger charge is 2.30. The summed E-state index contributed by atoms with van der Waals surface area (Å²) < 4.78 is 6.00. The molecular formula is C33H30ClNO3. The molecule has 0 aliphatic heterocycles. The zero-order chi connectivity index (χ0) is 26.9. The number of furan rings is 1. The minimum Gasteiger partial charge on any atom is -0.458 e. The summed E-state index contributed by atoms with van der Waals surface area (Å²) in [5.74, 6) is 0.352. The predicted octanol–water partition coefficient (Wildman–Crippen LogP) is 7.41. The molecule has 0 saturated heterocycles. The van der Waals surface area contributed by atoms with Crippen molar-refractivity contribution in [3.05, 3.63) is 141 Å². The van der Waals surface area contributed by atoms with Gasteiger partial charge in [-0.25, -0.2) is 0 Å². The Kier molecular flexibility index (Phi) is 7.11. The first-order chi connectivity index (χ1) is 18.2. The fourth-order valence-corrected chi connectivity index (χ4v) is 5.02. The monoisotopic (exact) mass is 523 g/mol. The Morgan fingerprint density at radius 2 is 1.68 bits per heavy atom. The predicted molar refractivity (Wildman–Crippen MR) is 152 cm³/mol. The van der Waals surface area contributed by atoms with Gasteiger partial charge in [0.05, 0.1) is 12.5 Å². The molecule has 5 heteroatoms. The zero-order valence-corrected chi connectivity index (χ0v) is 22.4. The molecule has 2 N–H and O–H groups in total. The second-order valence-corrected chi connectivity index (χ2v) is 10.4. The quantitative estimate of drug-likeness (QED) is 0.233. The van der Waals surface area contributed by atoms with E-state index < -0.39 is 5.60 Å². The molecule has 5 aromatic rings. The van der Waals surface area contributed by atoms with Crippen LogP contribution in [0.1, 0.15) is 52.1 Å². The summed E-state index contributed by atoms with van der Waals surface area (Å²) in [5, 5.41) is 15.9. The average Bonchev–Trinajstić information content (AvgIpc) is 3.33. The van der Waals surface area contributed by atoms with Crippen molar-refractivity contribution in [2.45, 2.75) is 38.8 Å². The van der Waals surface area contributed by atoms with E-state index in [4.69, 9.17) is 16.0 Å². The number of aryl methyl sites for hydroxylation is 2. The Balaban J connectivity index is 1.38. The third kappa shape index (κ3) is 5.38. The van der Waals surface area contributed by atoms with Crippen LogP contribution in [0.15, 0.2) is 101 Å². The van der Waals surface area contributed by atoms with Crippen LogP contribution in [0.5, 0.6) is 0 Å². The summed E-state index contributed by atoms with van der Waals surface area (Å²) in [6.45, 7) is 5.84. The van der Waals surface area contributed by atoms with Gasteiger partial charge in [-0.3, -0.25) is 4.79 Å². The maximum Gasteiger partial charge on any atom is 0.225 e. The number of nitrogens with one attached hydrogen (secondary N) is 1. The van der Waals surface area contributed by atoms with Crippen LogP contribution in [0.2, 0.25) is 5.02 Å². The highest BCUT2D eigenvalue weighted by Crippen LogP contribution is 2.34. The zero-order valence-electron chi connectivity index (χ0n) is 21.7. The van der Waals surface area contributed by atoms with E-state index in [1.807, 2.05) is 54.6 Å². The summed E-state index contributed by atoms with van der Waals surface area (Å²) in [4.78, 5) is 13.3. The fourth-order valence-electron chi connectivity index (χ4n) is 4.89. The molecule has 4 aromatic carbocycles. The molecule has 0 bridgehead atoms. The first-order valence-corrected chi connectivity index (χ1v) is 13.0. The van der Waals surface area contributed by atoms with Crippen LogP contribution in [0, 0.1) is 13.8 Å². The standard InChI is InChI=1S/C33H30ClNO3/c1-21-9-15-28(22(2)17-21)32(24-7-5-4-6-8-24)35-31(36)19-23-10-16-29-25(18-23)20-30(38-29)33(3,37)26-11-13-27(34)14-12-26/h4-18,20,32,37H,19H2,1-3H3,(H,35,36). The number of rotatable bonds is 7. The topological polar surface area (TPSA) is 62.5 Å². The SMILES string of the molecule is Cc1ccc(C(NC(=O)Cc2ccc3oc(C(C)(O)c4ccc(Cl)cc4)cc3c2)c2ccccc2)c(C)c1. The number of hydrogen-bond acceptors (Lipinski definition) is 3. The number of carbonyl (C=O) groups excluding carboxylic acids is 1. The van der Waals surface area contributed by atoms with Crippen LogP contribution in [0.3, 0.4) is 0 Å². The Labute approximate surface area is 227 Å². The highest BCUT2D eigenvalue weighted by atomic mass is 35.5. The maximum atomic E-state index is 13.3. The lowest BCUT2D eigenvalue weighted by atomic mass is 9.93. The lowest BCUT2D eigenvalue weighted by molar-refractivity contribution is -0.120. The molecule has 0 fully saturated rings. The number of carbonyl (C=O) groups is 1. The van der Waals surface area contributed by atoms with Gasteiger partial charge in [-0.1, -0.05) is 83.9 Å². The maximum absolute atomic E-state index is 13.3. The molecule has 1 aromatic heterocycles. The fraction of sp³-hybridized carbons (Fsp3) is 0.182. The molecule has 38 heavy (non-hydrogen) atoms. The van der Waals surface area contributed by atoms with Crippen LogP contribution in [-0.2, 0) is 16.8 Å². The molecule has 1 heterocycles. The molecule has 2 unspecified atom stereocenters. The number of benzene rings is 4. The Morgan fingerprint density at radius 1 is 0.947 bits per heavy atom. The van der Waals surface area contributed by atoms with E-state index in [0.717, 1.165) is 27.6 Å². The molecule has 0 aliphatic rings. The molecule has 5 rings (SSSR count). The van der Waals surface area contributed by atoms with Crippen LogP contribution in [-0.4, -0.2) is 11.0 Å². The summed E-state index contributed by atoms with van der Waals surface area (Å²) in [5.41, 5.74) is 5.31. The van der Waals surface area contributed by atoms with Gasteiger partial charge in [0.15, 0.2) is 0 Å². The number of aliphatic hydroxyl groups is 1. The van der Waals surface area contributed by atoms with Gasteiger partial charge in [0.1, 0.15) is 16.9 Å². The van der Waals surface area contributed by atoms with Gasteiger partial charge in [0, 0.05) is 10.4 Å². The minimum absolute atomic E-state index is 0.0740. The van der Waals surface area contributed by atoms with E-state index in [9.17, 15) is 9.90 Å². The number of halogens is 1. The van der Waals surface area contributed by atoms with Gasteiger partial charge in [0.2, 0.25) is 5.91 Å². The molecule has 1 amide bonds. The molecule has 4 nitrogen and oxygen atoms in total. The molecule has 0 saturated carbocycles. The second-order valence-electron chi connectivity index (χ2n) is 10.0. The van der Waals surface area contributed by atoms with Crippen LogP contribution < -0.4 is 5.32 Å². The van der Waals surface area contributed by atoms with E-state index in [0.29, 0.717) is 21.9 Å². The first kappa shape index (κ1) is 25.8. The first-order valence-electron chi connectivity index (χ1n) is 12.6. The summed E-state index contributed by atoms with van der Waals surface area (Å²) in [6, 6.07) is 30.6. The van der Waals surface area contributed by atoms with Gasteiger partial charge < -0.3 is 14.8 Å². The van der Waals surface area contributed by atoms with Crippen molar-refractivity contribution < 1.29 is 14.3 Å². The van der Waals surface area contributed by atoms with Crippen molar-refractivity contribution in [3.63, 3.8) is 0 Å². The number of amides is 1. The summed E-state index contributed by atoms with van der Waals surface area (Å²) in [6.07, 6.45) is 0.221. The van der Waals surface area contributed by atoms with Crippen molar-refractivity contribution in [3.8, 4) is 0 Å². The van der Waals surface area contributed by atoms with Crippen molar-refractivity contribution in [1.82, 2.24) is 5.32 Å². The van der Waals surface area contributed by atoms with E-state index in [1.54, 1.807) is 31.2 Å². The molecular weight excluding hydrogens is 494 g/mol. The Morgan fingerprint density at radius 3 is 2.39 bits per heavy atom.